The van der Waals surface area contributed by atoms with Gasteiger partial charge in [0.1, 0.15) is 6.04 Å². The maximum Gasteiger partial charge on any atom is 0.326 e. The Bertz CT molecular complexity index is 325. The molecule has 0 aromatic heterocycles. The summed E-state index contributed by atoms with van der Waals surface area (Å²) in [7, 11) is 0. The minimum atomic E-state index is -0.905. The van der Waals surface area contributed by atoms with Gasteiger partial charge in [-0.1, -0.05) is 13.8 Å². The van der Waals surface area contributed by atoms with E-state index in [0.29, 0.717) is 6.54 Å². The number of amides is 2. The number of nitrogens with zero attached hydrogens (tertiary/aromatic N) is 1. The Morgan fingerprint density at radius 3 is 2.79 bits per heavy atom. The molecule has 6 heteroatoms. The summed E-state index contributed by atoms with van der Waals surface area (Å²) < 4.78 is 0. The predicted octanol–water partition coefficient (Wildman–Crippen LogP) is 2.02. The molecule has 1 saturated heterocycles. The van der Waals surface area contributed by atoms with Crippen LogP contribution in [0.5, 0.6) is 0 Å². The van der Waals surface area contributed by atoms with Crippen molar-refractivity contribution in [1.82, 2.24) is 10.2 Å². The lowest BCUT2D eigenvalue weighted by Crippen LogP contribution is -2.56. The average Bonchev–Trinajstić information content (AvgIpc) is 2.35. The first kappa shape index (κ1) is 16.1. The SMILES string of the molecule is CCSCC(C)NC(=O)N1CCCC(C)C1C(=O)O. The molecule has 3 unspecified atom stereocenters. The van der Waals surface area contributed by atoms with E-state index in [9.17, 15) is 14.7 Å². The molecule has 19 heavy (non-hydrogen) atoms. The summed E-state index contributed by atoms with van der Waals surface area (Å²) in [6.07, 6.45) is 1.73. The summed E-state index contributed by atoms with van der Waals surface area (Å²) in [5.74, 6) is 0.970. The lowest BCUT2D eigenvalue weighted by molar-refractivity contribution is -0.145. The molecule has 110 valence electrons. The van der Waals surface area contributed by atoms with Crippen molar-refractivity contribution in [2.75, 3.05) is 18.1 Å². The molecule has 2 N–H and O–H groups in total. The Morgan fingerprint density at radius 2 is 2.21 bits per heavy atom. The van der Waals surface area contributed by atoms with Crippen LogP contribution in [0.3, 0.4) is 0 Å². The Labute approximate surface area is 119 Å². The topological polar surface area (TPSA) is 69.6 Å². The zero-order valence-corrected chi connectivity index (χ0v) is 12.7. The van der Waals surface area contributed by atoms with Gasteiger partial charge in [-0.2, -0.15) is 11.8 Å². The number of thioether (sulfide) groups is 1. The normalized spacial score (nSPS) is 24.9. The first-order valence-corrected chi connectivity index (χ1v) is 8.00. The van der Waals surface area contributed by atoms with Gasteiger partial charge in [-0.25, -0.2) is 9.59 Å². The summed E-state index contributed by atoms with van der Waals surface area (Å²) in [5.41, 5.74) is 0. The van der Waals surface area contributed by atoms with Crippen molar-refractivity contribution in [3.63, 3.8) is 0 Å². The second-order valence-corrected chi connectivity index (χ2v) is 6.42. The van der Waals surface area contributed by atoms with Crippen molar-refractivity contribution in [1.29, 1.82) is 0 Å². The molecule has 3 atom stereocenters. The van der Waals surface area contributed by atoms with E-state index in [-0.39, 0.29) is 18.0 Å². The van der Waals surface area contributed by atoms with Gasteiger partial charge in [0.2, 0.25) is 0 Å². The van der Waals surface area contributed by atoms with Crippen LogP contribution in [0.1, 0.15) is 33.6 Å². The number of carbonyl (C=O) groups is 2. The molecule has 0 aromatic carbocycles. The smallest absolute Gasteiger partial charge is 0.326 e. The van der Waals surface area contributed by atoms with E-state index in [1.54, 1.807) is 11.8 Å². The Balaban J connectivity index is 2.60. The Kier molecular flexibility index (Phi) is 6.48. The number of nitrogens with one attached hydrogen (secondary N) is 1. The highest BCUT2D eigenvalue weighted by Crippen LogP contribution is 2.23. The Morgan fingerprint density at radius 1 is 1.53 bits per heavy atom. The predicted molar refractivity (Wildman–Crippen MR) is 77.5 cm³/mol. The first-order valence-electron chi connectivity index (χ1n) is 6.85. The molecule has 0 saturated carbocycles. The van der Waals surface area contributed by atoms with Gasteiger partial charge in [-0.05, 0) is 31.4 Å². The third-order valence-corrected chi connectivity index (χ3v) is 4.53. The number of urea groups is 1. The molecular formula is C13H24N2O3S. The number of carboxylic acid groups (broad SMARTS) is 1. The van der Waals surface area contributed by atoms with E-state index in [1.807, 2.05) is 13.8 Å². The van der Waals surface area contributed by atoms with Crippen LogP contribution in [-0.2, 0) is 4.79 Å². The number of piperidine rings is 1. The quantitative estimate of drug-likeness (QED) is 0.812. The summed E-state index contributed by atoms with van der Waals surface area (Å²) in [6.45, 7) is 6.45. The van der Waals surface area contributed by atoms with Gasteiger partial charge in [0.25, 0.3) is 0 Å². The highest BCUT2D eigenvalue weighted by molar-refractivity contribution is 7.99. The van der Waals surface area contributed by atoms with E-state index < -0.39 is 12.0 Å². The summed E-state index contributed by atoms with van der Waals surface area (Å²) in [6, 6.07) is -0.882. The molecule has 0 spiro atoms. The van der Waals surface area contributed by atoms with Crippen LogP contribution >= 0.6 is 11.8 Å². The number of carboxylic acids is 1. The highest BCUT2D eigenvalue weighted by Gasteiger charge is 2.37. The van der Waals surface area contributed by atoms with Crippen molar-refractivity contribution in [3.8, 4) is 0 Å². The van der Waals surface area contributed by atoms with Crippen LogP contribution in [0, 0.1) is 5.92 Å². The van der Waals surface area contributed by atoms with Gasteiger partial charge in [0.15, 0.2) is 0 Å². The molecule has 0 aliphatic carbocycles. The number of likely N-dealkylation sites (tertiary alicyclic amines) is 1. The standard InChI is InChI=1S/C13H24N2O3S/c1-4-19-8-10(3)14-13(18)15-7-5-6-9(2)11(15)12(16)17/h9-11H,4-8H2,1-3H3,(H,14,18)(H,16,17). The second-order valence-electron chi connectivity index (χ2n) is 5.11. The second kappa shape index (κ2) is 7.62. The minimum absolute atomic E-state index is 0.0114. The van der Waals surface area contributed by atoms with E-state index >= 15 is 0 Å². The molecule has 1 heterocycles. The van der Waals surface area contributed by atoms with Crippen LogP contribution in [0.4, 0.5) is 4.79 Å². The summed E-state index contributed by atoms with van der Waals surface area (Å²) >= 11 is 1.76. The molecule has 1 rings (SSSR count). The Hall–Kier alpha value is -0.910. The molecule has 5 nitrogen and oxygen atoms in total. The van der Waals surface area contributed by atoms with Crippen LogP contribution in [-0.4, -0.2) is 52.1 Å². The largest absolute Gasteiger partial charge is 0.480 e. The molecule has 1 aliphatic heterocycles. The van der Waals surface area contributed by atoms with Crippen LogP contribution in [0.15, 0.2) is 0 Å². The fourth-order valence-corrected chi connectivity index (χ4v) is 3.09. The summed E-state index contributed by atoms with van der Waals surface area (Å²) in [5, 5.41) is 12.2. The molecule has 0 bridgehead atoms. The zero-order valence-electron chi connectivity index (χ0n) is 11.9. The van der Waals surface area contributed by atoms with Gasteiger partial charge in [0.05, 0.1) is 0 Å². The molecule has 1 fully saturated rings. The van der Waals surface area contributed by atoms with Crippen molar-refractivity contribution in [3.05, 3.63) is 0 Å². The third-order valence-electron chi connectivity index (χ3n) is 3.39. The van der Waals surface area contributed by atoms with Crippen molar-refractivity contribution in [2.24, 2.45) is 5.92 Å². The van der Waals surface area contributed by atoms with Gasteiger partial charge in [-0.15, -0.1) is 0 Å². The van der Waals surface area contributed by atoms with E-state index in [4.69, 9.17) is 0 Å². The average molecular weight is 288 g/mol. The van der Waals surface area contributed by atoms with Crippen LogP contribution < -0.4 is 5.32 Å². The number of hydrogen-bond donors (Lipinski definition) is 2. The molecule has 1 aliphatic rings. The maximum absolute atomic E-state index is 12.2. The van der Waals surface area contributed by atoms with Crippen LogP contribution in [0.25, 0.3) is 0 Å². The molecule has 0 radical (unpaired) electrons. The van der Waals surface area contributed by atoms with Crippen molar-refractivity contribution < 1.29 is 14.7 Å². The lowest BCUT2D eigenvalue weighted by atomic mass is 9.91. The number of rotatable bonds is 5. The third kappa shape index (κ3) is 4.60. The van der Waals surface area contributed by atoms with E-state index in [2.05, 4.69) is 12.2 Å². The fraction of sp³-hybridized carbons (Fsp3) is 0.846. The van der Waals surface area contributed by atoms with E-state index in [0.717, 1.165) is 24.3 Å². The van der Waals surface area contributed by atoms with Crippen LogP contribution in [0.2, 0.25) is 0 Å². The fourth-order valence-electron chi connectivity index (χ4n) is 2.42. The van der Waals surface area contributed by atoms with Gasteiger partial charge in [0, 0.05) is 18.3 Å². The number of aliphatic carboxylic acids is 1. The molecular weight excluding hydrogens is 264 g/mol. The summed E-state index contributed by atoms with van der Waals surface area (Å²) in [4.78, 5) is 25.0. The highest BCUT2D eigenvalue weighted by atomic mass is 32.2. The lowest BCUT2D eigenvalue weighted by Gasteiger charge is -2.37. The van der Waals surface area contributed by atoms with E-state index in [1.165, 1.54) is 4.90 Å². The van der Waals surface area contributed by atoms with Crippen molar-refractivity contribution in [2.45, 2.75) is 45.7 Å². The van der Waals surface area contributed by atoms with Gasteiger partial charge in [-0.3, -0.25) is 0 Å². The van der Waals surface area contributed by atoms with Gasteiger partial charge >= 0.3 is 12.0 Å². The first-order chi connectivity index (χ1) is 8.97. The van der Waals surface area contributed by atoms with Crippen molar-refractivity contribution >= 4 is 23.8 Å². The van der Waals surface area contributed by atoms with Gasteiger partial charge < -0.3 is 15.3 Å². The molecule has 0 aromatic rings. The molecule has 2 amide bonds. The number of carbonyl (C=O) groups excluding carboxylic acids is 1. The minimum Gasteiger partial charge on any atom is -0.480 e. The zero-order chi connectivity index (χ0) is 14.4. The number of hydrogen-bond acceptors (Lipinski definition) is 3. The monoisotopic (exact) mass is 288 g/mol. The maximum atomic E-state index is 12.2.